The zero-order valence-electron chi connectivity index (χ0n) is 8.48. The first-order valence-corrected chi connectivity index (χ1v) is 4.69. The zero-order valence-corrected chi connectivity index (χ0v) is 8.48. The number of rotatable bonds is 3. The molecule has 1 aromatic rings. The highest BCUT2D eigenvalue weighted by Crippen LogP contribution is 2.28. The van der Waals surface area contributed by atoms with Crippen molar-refractivity contribution in [1.82, 2.24) is 0 Å². The van der Waals surface area contributed by atoms with Crippen LogP contribution in [0.3, 0.4) is 0 Å². The maximum Gasteiger partial charge on any atom is 0.129 e. The lowest BCUT2D eigenvalue weighted by Crippen LogP contribution is -2.32. The lowest BCUT2D eigenvalue weighted by molar-refractivity contribution is 0.435. The van der Waals surface area contributed by atoms with E-state index in [9.17, 15) is 8.78 Å². The van der Waals surface area contributed by atoms with Crippen molar-refractivity contribution in [3.8, 4) is 0 Å². The van der Waals surface area contributed by atoms with Crippen molar-refractivity contribution in [1.29, 1.82) is 0 Å². The summed E-state index contributed by atoms with van der Waals surface area (Å²) in [5.41, 5.74) is 5.68. The SMILES string of the molecule is CCC(C)(CN)c1ccc(F)cc1F. The van der Waals surface area contributed by atoms with Crippen molar-refractivity contribution in [2.75, 3.05) is 6.54 Å². The second kappa shape index (κ2) is 4.05. The van der Waals surface area contributed by atoms with Gasteiger partial charge < -0.3 is 5.73 Å². The van der Waals surface area contributed by atoms with Gasteiger partial charge in [-0.05, 0) is 18.1 Å². The van der Waals surface area contributed by atoms with E-state index in [-0.39, 0.29) is 0 Å². The van der Waals surface area contributed by atoms with Crippen LogP contribution in [-0.2, 0) is 5.41 Å². The Balaban J connectivity index is 3.17. The summed E-state index contributed by atoms with van der Waals surface area (Å²) in [5, 5.41) is 0. The Bertz CT molecular complexity index is 319. The summed E-state index contributed by atoms with van der Waals surface area (Å²) in [5.74, 6) is -1.07. The Labute approximate surface area is 82.9 Å². The summed E-state index contributed by atoms with van der Waals surface area (Å²) in [6, 6.07) is 3.64. The molecule has 2 N–H and O–H groups in total. The maximum atomic E-state index is 13.4. The number of halogens is 2. The highest BCUT2D eigenvalue weighted by atomic mass is 19.1. The van der Waals surface area contributed by atoms with Crippen LogP contribution in [0.2, 0.25) is 0 Å². The van der Waals surface area contributed by atoms with Crippen molar-refractivity contribution in [2.45, 2.75) is 25.7 Å². The molecule has 0 aromatic heterocycles. The lowest BCUT2D eigenvalue weighted by Gasteiger charge is -2.27. The average molecular weight is 199 g/mol. The molecule has 0 aliphatic rings. The second-order valence-electron chi connectivity index (χ2n) is 3.74. The third-order valence-electron chi connectivity index (χ3n) is 2.81. The molecule has 1 unspecified atom stereocenters. The maximum absolute atomic E-state index is 13.4. The van der Waals surface area contributed by atoms with Crippen molar-refractivity contribution >= 4 is 0 Å². The number of benzene rings is 1. The smallest absolute Gasteiger partial charge is 0.129 e. The molecule has 0 bridgehead atoms. The van der Waals surface area contributed by atoms with E-state index in [4.69, 9.17) is 5.73 Å². The van der Waals surface area contributed by atoms with Crippen molar-refractivity contribution in [2.24, 2.45) is 5.73 Å². The predicted molar refractivity (Wildman–Crippen MR) is 53.1 cm³/mol. The van der Waals surface area contributed by atoms with E-state index in [1.165, 1.54) is 12.1 Å². The van der Waals surface area contributed by atoms with Gasteiger partial charge in [-0.15, -0.1) is 0 Å². The summed E-state index contributed by atoms with van der Waals surface area (Å²) >= 11 is 0. The number of nitrogens with two attached hydrogens (primary N) is 1. The van der Waals surface area contributed by atoms with Crippen molar-refractivity contribution < 1.29 is 8.78 Å². The first kappa shape index (κ1) is 11.1. The molecule has 0 heterocycles. The molecule has 0 saturated carbocycles. The van der Waals surface area contributed by atoms with Gasteiger partial charge in [0.05, 0.1) is 0 Å². The average Bonchev–Trinajstić information content (AvgIpc) is 2.17. The van der Waals surface area contributed by atoms with Crippen LogP contribution in [0.5, 0.6) is 0 Å². The Morgan fingerprint density at radius 3 is 2.43 bits per heavy atom. The fourth-order valence-electron chi connectivity index (χ4n) is 1.42. The number of hydrogen-bond acceptors (Lipinski definition) is 1. The Kier molecular flexibility index (Phi) is 3.21. The van der Waals surface area contributed by atoms with E-state index in [2.05, 4.69) is 0 Å². The Morgan fingerprint density at radius 2 is 2.00 bits per heavy atom. The van der Waals surface area contributed by atoms with Crippen LogP contribution in [0.4, 0.5) is 8.78 Å². The van der Waals surface area contributed by atoms with Gasteiger partial charge in [-0.25, -0.2) is 8.78 Å². The zero-order chi connectivity index (χ0) is 10.8. The highest BCUT2D eigenvalue weighted by molar-refractivity contribution is 5.27. The number of hydrogen-bond donors (Lipinski definition) is 1. The largest absolute Gasteiger partial charge is 0.330 e. The molecule has 3 heteroatoms. The predicted octanol–water partition coefficient (Wildman–Crippen LogP) is 2.59. The fraction of sp³-hybridized carbons (Fsp3) is 0.455. The van der Waals surface area contributed by atoms with Crippen LogP contribution in [0.15, 0.2) is 18.2 Å². The third-order valence-corrected chi connectivity index (χ3v) is 2.81. The van der Waals surface area contributed by atoms with Crippen molar-refractivity contribution in [3.63, 3.8) is 0 Å². The standard InChI is InChI=1S/C11H15F2N/c1-3-11(2,7-14)9-5-4-8(12)6-10(9)13/h4-6H,3,7,14H2,1-2H3. The molecule has 0 saturated heterocycles. The van der Waals surface area contributed by atoms with E-state index in [1.807, 2.05) is 13.8 Å². The molecule has 0 aliphatic carbocycles. The van der Waals surface area contributed by atoms with E-state index in [0.717, 1.165) is 12.5 Å². The molecule has 1 rings (SSSR count). The summed E-state index contributed by atoms with van der Waals surface area (Å²) in [7, 11) is 0. The molecular weight excluding hydrogens is 184 g/mol. The fourth-order valence-corrected chi connectivity index (χ4v) is 1.42. The summed E-state index contributed by atoms with van der Waals surface area (Å²) in [6.45, 7) is 4.17. The van der Waals surface area contributed by atoms with Gasteiger partial charge in [0.15, 0.2) is 0 Å². The summed E-state index contributed by atoms with van der Waals surface area (Å²) < 4.78 is 26.1. The quantitative estimate of drug-likeness (QED) is 0.795. The molecule has 0 spiro atoms. The third kappa shape index (κ3) is 1.93. The monoisotopic (exact) mass is 199 g/mol. The second-order valence-corrected chi connectivity index (χ2v) is 3.74. The minimum Gasteiger partial charge on any atom is -0.330 e. The van der Waals surface area contributed by atoms with E-state index in [0.29, 0.717) is 12.1 Å². The topological polar surface area (TPSA) is 26.0 Å². The van der Waals surface area contributed by atoms with Gasteiger partial charge in [0.25, 0.3) is 0 Å². The minimum absolute atomic E-state index is 0.353. The molecule has 0 amide bonds. The molecule has 0 radical (unpaired) electrons. The van der Waals surface area contributed by atoms with E-state index < -0.39 is 17.0 Å². The van der Waals surface area contributed by atoms with Crippen LogP contribution in [0.1, 0.15) is 25.8 Å². The molecular formula is C11H15F2N. The van der Waals surface area contributed by atoms with Crippen LogP contribution in [-0.4, -0.2) is 6.54 Å². The van der Waals surface area contributed by atoms with E-state index >= 15 is 0 Å². The first-order valence-electron chi connectivity index (χ1n) is 4.69. The Hall–Kier alpha value is -0.960. The van der Waals surface area contributed by atoms with Gasteiger partial charge in [0.2, 0.25) is 0 Å². The molecule has 1 atom stereocenters. The van der Waals surface area contributed by atoms with Gasteiger partial charge in [-0.3, -0.25) is 0 Å². The van der Waals surface area contributed by atoms with Gasteiger partial charge in [-0.1, -0.05) is 19.9 Å². The minimum atomic E-state index is -0.554. The molecule has 0 fully saturated rings. The highest BCUT2D eigenvalue weighted by Gasteiger charge is 2.26. The van der Waals surface area contributed by atoms with Crippen LogP contribution < -0.4 is 5.73 Å². The lowest BCUT2D eigenvalue weighted by atomic mass is 9.80. The van der Waals surface area contributed by atoms with Gasteiger partial charge in [-0.2, -0.15) is 0 Å². The first-order chi connectivity index (χ1) is 6.53. The van der Waals surface area contributed by atoms with Crippen molar-refractivity contribution in [3.05, 3.63) is 35.4 Å². The van der Waals surface area contributed by atoms with Gasteiger partial charge in [0, 0.05) is 18.0 Å². The Morgan fingerprint density at radius 1 is 1.36 bits per heavy atom. The van der Waals surface area contributed by atoms with Crippen LogP contribution >= 0.6 is 0 Å². The molecule has 1 nitrogen and oxygen atoms in total. The summed E-state index contributed by atoms with van der Waals surface area (Å²) in [6.07, 6.45) is 0.728. The molecule has 14 heavy (non-hydrogen) atoms. The normalized spacial score (nSPS) is 15.2. The van der Waals surface area contributed by atoms with Crippen LogP contribution in [0.25, 0.3) is 0 Å². The van der Waals surface area contributed by atoms with Gasteiger partial charge in [0.1, 0.15) is 11.6 Å². The van der Waals surface area contributed by atoms with Gasteiger partial charge >= 0.3 is 0 Å². The molecule has 1 aromatic carbocycles. The summed E-state index contributed by atoms with van der Waals surface area (Å²) in [4.78, 5) is 0. The molecule has 0 aliphatic heterocycles. The van der Waals surface area contributed by atoms with Crippen LogP contribution in [0, 0.1) is 11.6 Å². The molecule has 78 valence electrons. The van der Waals surface area contributed by atoms with E-state index in [1.54, 1.807) is 0 Å².